The van der Waals surface area contributed by atoms with Crippen LogP contribution in [0.15, 0.2) is 30.3 Å². The van der Waals surface area contributed by atoms with Gasteiger partial charge in [0.2, 0.25) is 0 Å². The zero-order valence-corrected chi connectivity index (χ0v) is 21.1. The maximum absolute atomic E-state index is 12.5. The zero-order chi connectivity index (χ0) is 20.4. The molecule has 154 valence electrons. The van der Waals surface area contributed by atoms with Gasteiger partial charge in [-0.3, -0.25) is 0 Å². The van der Waals surface area contributed by atoms with Gasteiger partial charge in [-0.1, -0.05) is 0 Å². The Labute approximate surface area is 175 Å². The molecule has 0 saturated heterocycles. The summed E-state index contributed by atoms with van der Waals surface area (Å²) in [5.74, 6) is 0.0832. The predicted molar refractivity (Wildman–Crippen MR) is 120 cm³/mol. The summed E-state index contributed by atoms with van der Waals surface area (Å²) in [7, 11) is 0. The molecule has 0 aliphatic heterocycles. The Morgan fingerprint density at radius 1 is 0.929 bits per heavy atom. The third-order valence-electron chi connectivity index (χ3n) is 5.77. The molecule has 0 fully saturated rings. The molecule has 0 bridgehead atoms. The van der Waals surface area contributed by atoms with E-state index in [0.717, 1.165) is 6.54 Å². The summed E-state index contributed by atoms with van der Waals surface area (Å²) in [6.07, 6.45) is 7.43. The standard InChI is InChI=1S/C11H10N3O.3C4H9.Sn/c1-9(15)11-8-14(13-12-11)7-10-5-3-2-4-6-10;3*1-3-4-2;/h2-6H,7H2,1H3;3*1,3-4H2,2H3;. The number of aromatic nitrogens is 3. The first kappa shape index (κ1) is 23.1. The van der Waals surface area contributed by atoms with Gasteiger partial charge in [0.15, 0.2) is 0 Å². The normalized spacial score (nSPS) is 11.7. The minimum absolute atomic E-state index is 0.0832. The molecule has 4 nitrogen and oxygen atoms in total. The van der Waals surface area contributed by atoms with Crippen molar-refractivity contribution < 1.29 is 4.79 Å². The summed E-state index contributed by atoms with van der Waals surface area (Å²) in [6, 6.07) is 10.5. The van der Waals surface area contributed by atoms with E-state index in [1.807, 2.05) is 6.07 Å². The molecule has 28 heavy (non-hydrogen) atoms. The van der Waals surface area contributed by atoms with Crippen molar-refractivity contribution in [3.63, 3.8) is 0 Å². The summed E-state index contributed by atoms with van der Waals surface area (Å²) in [5.41, 5.74) is 1.90. The fourth-order valence-electron chi connectivity index (χ4n) is 4.22. The van der Waals surface area contributed by atoms with E-state index in [4.69, 9.17) is 0 Å². The van der Waals surface area contributed by atoms with Crippen molar-refractivity contribution in [1.29, 1.82) is 0 Å². The van der Waals surface area contributed by atoms with E-state index in [0.29, 0.717) is 5.69 Å². The van der Waals surface area contributed by atoms with Crippen LogP contribution in [-0.2, 0) is 6.54 Å². The second kappa shape index (κ2) is 11.7. The topological polar surface area (TPSA) is 47.8 Å². The number of rotatable bonds is 13. The molecule has 1 aromatic carbocycles. The number of hydrogen-bond donors (Lipinski definition) is 0. The van der Waals surface area contributed by atoms with Crippen LogP contribution in [0.3, 0.4) is 0 Å². The molecule has 0 atom stereocenters. The maximum atomic E-state index is 12.5. The molecule has 5 heteroatoms. The number of benzene rings is 1. The summed E-state index contributed by atoms with van der Waals surface area (Å²) in [6.45, 7) is 9.22. The Hall–Kier alpha value is -1.17. The molecule has 1 aromatic heterocycles. The van der Waals surface area contributed by atoms with E-state index < -0.39 is 18.4 Å². The number of Topliss-reactive ketones (excluding diaryl/α,β-unsaturated/α-hetero) is 1. The van der Waals surface area contributed by atoms with Gasteiger partial charge in [0.25, 0.3) is 0 Å². The van der Waals surface area contributed by atoms with Gasteiger partial charge in [-0.25, -0.2) is 0 Å². The van der Waals surface area contributed by atoms with Crippen LogP contribution in [-0.4, -0.2) is 39.2 Å². The van der Waals surface area contributed by atoms with Crippen LogP contribution >= 0.6 is 0 Å². The van der Waals surface area contributed by atoms with Gasteiger partial charge in [0.1, 0.15) is 0 Å². The fourth-order valence-corrected chi connectivity index (χ4v) is 21.2. The molecule has 0 amide bonds. The van der Waals surface area contributed by atoms with Crippen molar-refractivity contribution in [2.24, 2.45) is 0 Å². The van der Waals surface area contributed by atoms with Crippen molar-refractivity contribution in [2.45, 2.75) is 86.1 Å². The van der Waals surface area contributed by atoms with E-state index >= 15 is 0 Å². The van der Waals surface area contributed by atoms with Crippen LogP contribution in [0, 0.1) is 0 Å². The number of carbonyl (C=O) groups is 1. The first-order valence-corrected chi connectivity index (χ1v) is 18.5. The second-order valence-electron chi connectivity index (χ2n) is 8.08. The van der Waals surface area contributed by atoms with Crippen molar-refractivity contribution in [3.8, 4) is 0 Å². The van der Waals surface area contributed by atoms with E-state index in [1.165, 1.54) is 61.1 Å². The number of carbonyl (C=O) groups excluding carboxylic acids is 1. The van der Waals surface area contributed by atoms with Crippen LogP contribution in [0.4, 0.5) is 0 Å². The molecule has 2 rings (SSSR count). The van der Waals surface area contributed by atoms with Crippen molar-refractivity contribution in [3.05, 3.63) is 41.6 Å². The molecule has 1 heterocycles. The summed E-state index contributed by atoms with van der Waals surface area (Å²) in [4.78, 5) is 12.5. The zero-order valence-electron chi connectivity index (χ0n) is 18.2. The number of unbranched alkanes of at least 4 members (excludes halogenated alkanes) is 3. The molecular formula is C23H37N3OSn. The summed E-state index contributed by atoms with van der Waals surface area (Å²) < 4.78 is 7.35. The molecule has 0 aliphatic carbocycles. The van der Waals surface area contributed by atoms with E-state index in [-0.39, 0.29) is 5.78 Å². The predicted octanol–water partition coefficient (Wildman–Crippen LogP) is 5.59. The molecule has 0 unspecified atom stereocenters. The Balaban J connectivity index is 2.56. The molecule has 0 radical (unpaired) electrons. The summed E-state index contributed by atoms with van der Waals surface area (Å²) >= 11 is -2.82. The first-order valence-electron chi connectivity index (χ1n) is 11.1. The van der Waals surface area contributed by atoms with Gasteiger partial charge >= 0.3 is 175 Å². The van der Waals surface area contributed by atoms with Gasteiger partial charge in [0, 0.05) is 0 Å². The first-order chi connectivity index (χ1) is 13.6. The SMILES string of the molecule is CCC[CH2][Sn]([CH2]CCC)([CH2]CCC)[c]1c(C(C)=O)nnn1Cc1ccccc1. The Morgan fingerprint density at radius 3 is 1.93 bits per heavy atom. The van der Waals surface area contributed by atoms with Gasteiger partial charge in [-0.15, -0.1) is 0 Å². The van der Waals surface area contributed by atoms with Crippen LogP contribution in [0.25, 0.3) is 0 Å². The Kier molecular flexibility index (Phi) is 9.69. The van der Waals surface area contributed by atoms with Crippen LogP contribution in [0.5, 0.6) is 0 Å². The minimum atomic E-state index is -2.82. The summed E-state index contributed by atoms with van der Waals surface area (Å²) in [5, 5.41) is 8.94. The number of hydrogen-bond acceptors (Lipinski definition) is 3. The van der Waals surface area contributed by atoms with Crippen LogP contribution in [0.2, 0.25) is 13.3 Å². The van der Waals surface area contributed by atoms with E-state index in [9.17, 15) is 4.79 Å². The van der Waals surface area contributed by atoms with Crippen LogP contribution < -0.4 is 3.71 Å². The molecule has 0 N–H and O–H groups in total. The van der Waals surface area contributed by atoms with E-state index in [2.05, 4.69) is 60.0 Å². The average Bonchev–Trinajstić information content (AvgIpc) is 3.13. The van der Waals surface area contributed by atoms with Crippen LogP contribution in [0.1, 0.15) is 82.3 Å². The molecule has 2 aromatic rings. The van der Waals surface area contributed by atoms with Gasteiger partial charge in [0.05, 0.1) is 0 Å². The average molecular weight is 490 g/mol. The van der Waals surface area contributed by atoms with Crippen molar-refractivity contribution in [1.82, 2.24) is 15.0 Å². The quantitative estimate of drug-likeness (QED) is 0.272. The molecule has 0 saturated carbocycles. The molecule has 0 aliphatic rings. The Morgan fingerprint density at radius 2 is 1.46 bits per heavy atom. The van der Waals surface area contributed by atoms with Gasteiger partial charge < -0.3 is 0 Å². The Bertz CT molecular complexity index is 705. The number of ketones is 1. The second-order valence-corrected chi connectivity index (χ2v) is 21.0. The van der Waals surface area contributed by atoms with Crippen molar-refractivity contribution >= 4 is 27.9 Å². The number of nitrogens with zero attached hydrogens (tertiary/aromatic N) is 3. The van der Waals surface area contributed by atoms with Crippen molar-refractivity contribution in [2.75, 3.05) is 0 Å². The third-order valence-corrected chi connectivity index (χ3v) is 21.3. The third kappa shape index (κ3) is 5.91. The monoisotopic (exact) mass is 491 g/mol. The van der Waals surface area contributed by atoms with Gasteiger partial charge in [-0.05, 0) is 0 Å². The molecule has 0 spiro atoms. The fraction of sp³-hybridized carbons (Fsp3) is 0.609. The van der Waals surface area contributed by atoms with E-state index in [1.54, 1.807) is 6.92 Å². The molecular weight excluding hydrogens is 453 g/mol. The van der Waals surface area contributed by atoms with Gasteiger partial charge in [-0.2, -0.15) is 0 Å².